The maximum Gasteiger partial charge on any atom is 0.128 e. The van der Waals surface area contributed by atoms with E-state index in [2.05, 4.69) is 26.8 Å². The Morgan fingerprint density at radius 1 is 1.24 bits per heavy atom. The van der Waals surface area contributed by atoms with Crippen molar-refractivity contribution in [2.45, 2.75) is 19.4 Å². The first-order valence-electron chi connectivity index (χ1n) is 7.01. The van der Waals surface area contributed by atoms with Crippen LogP contribution in [0.25, 0.3) is 10.1 Å². The minimum atomic E-state index is -0.0577. The van der Waals surface area contributed by atoms with Crippen LogP contribution in [-0.2, 0) is 0 Å². The summed E-state index contributed by atoms with van der Waals surface area (Å²) in [6.45, 7) is 2.83. The lowest BCUT2D eigenvalue weighted by atomic mass is 10.1. The third-order valence-electron chi connectivity index (χ3n) is 3.51. The van der Waals surface area contributed by atoms with E-state index in [1.807, 2.05) is 31.2 Å². The fraction of sp³-hybridized carbons (Fsp3) is 0.250. The summed E-state index contributed by atoms with van der Waals surface area (Å²) in [7, 11) is 0. The predicted octanol–water partition coefficient (Wildman–Crippen LogP) is 3.50. The monoisotopic (exact) mass is 298 g/mol. The third-order valence-corrected chi connectivity index (χ3v) is 4.35. The van der Waals surface area contributed by atoms with Crippen LogP contribution in [0.5, 0.6) is 0 Å². The lowest BCUT2D eigenvalue weighted by Crippen LogP contribution is -2.16. The van der Waals surface area contributed by atoms with E-state index < -0.39 is 0 Å². The molecular weight excluding hydrogens is 280 g/mol. The second kappa shape index (κ2) is 6.20. The number of nitrogens with one attached hydrogen (secondary N) is 1. The molecule has 21 heavy (non-hydrogen) atoms. The lowest BCUT2D eigenvalue weighted by molar-refractivity contribution is 0.666. The first-order chi connectivity index (χ1) is 10.3. The summed E-state index contributed by atoms with van der Waals surface area (Å²) in [5.41, 5.74) is 8.43. The molecule has 0 saturated carbocycles. The SMILES string of the molecule is Cc1cccnc1NCCC(N)c1nsc2ccccc12. The number of aryl methyl sites for hydroxylation is 1. The van der Waals surface area contributed by atoms with Crippen LogP contribution in [-0.4, -0.2) is 15.9 Å². The first kappa shape index (κ1) is 14.0. The van der Waals surface area contributed by atoms with Crippen LogP contribution in [0.3, 0.4) is 0 Å². The Balaban J connectivity index is 1.64. The molecule has 4 nitrogen and oxygen atoms in total. The number of nitrogens with two attached hydrogens (primary N) is 1. The molecule has 0 aliphatic rings. The molecule has 0 aliphatic heterocycles. The average molecular weight is 298 g/mol. The van der Waals surface area contributed by atoms with Gasteiger partial charge in [0.15, 0.2) is 0 Å². The van der Waals surface area contributed by atoms with Gasteiger partial charge in [-0.05, 0) is 42.6 Å². The third kappa shape index (κ3) is 3.04. The van der Waals surface area contributed by atoms with Crippen molar-refractivity contribution >= 4 is 27.4 Å². The molecule has 3 rings (SSSR count). The minimum absolute atomic E-state index is 0.0577. The quantitative estimate of drug-likeness (QED) is 0.756. The number of fused-ring (bicyclic) bond motifs is 1. The molecular formula is C16H18N4S. The molecule has 108 valence electrons. The zero-order chi connectivity index (χ0) is 14.7. The van der Waals surface area contributed by atoms with E-state index in [0.29, 0.717) is 0 Å². The molecule has 0 fully saturated rings. The van der Waals surface area contributed by atoms with Gasteiger partial charge in [-0.15, -0.1) is 0 Å². The van der Waals surface area contributed by atoms with Crippen LogP contribution < -0.4 is 11.1 Å². The summed E-state index contributed by atoms with van der Waals surface area (Å²) >= 11 is 1.51. The van der Waals surface area contributed by atoms with Gasteiger partial charge in [0.2, 0.25) is 0 Å². The maximum atomic E-state index is 6.29. The smallest absolute Gasteiger partial charge is 0.128 e. The molecule has 1 aromatic carbocycles. The molecule has 5 heteroatoms. The molecule has 0 radical (unpaired) electrons. The summed E-state index contributed by atoms with van der Waals surface area (Å²) in [6.07, 6.45) is 2.62. The van der Waals surface area contributed by atoms with Crippen molar-refractivity contribution in [1.82, 2.24) is 9.36 Å². The van der Waals surface area contributed by atoms with Crippen LogP contribution in [0.4, 0.5) is 5.82 Å². The molecule has 0 saturated heterocycles. The molecule has 1 unspecified atom stereocenters. The Hall–Kier alpha value is -1.98. The number of nitrogens with zero attached hydrogens (tertiary/aromatic N) is 2. The number of hydrogen-bond donors (Lipinski definition) is 2. The number of anilines is 1. The van der Waals surface area contributed by atoms with Gasteiger partial charge in [0, 0.05) is 18.1 Å². The first-order valence-corrected chi connectivity index (χ1v) is 7.78. The van der Waals surface area contributed by atoms with E-state index in [0.717, 1.165) is 30.0 Å². The fourth-order valence-corrected chi connectivity index (χ4v) is 3.17. The molecule has 3 N–H and O–H groups in total. The number of benzene rings is 1. The van der Waals surface area contributed by atoms with Crippen molar-refractivity contribution in [3.63, 3.8) is 0 Å². The van der Waals surface area contributed by atoms with E-state index in [1.165, 1.54) is 21.6 Å². The summed E-state index contributed by atoms with van der Waals surface area (Å²) in [6, 6.07) is 12.2. The topological polar surface area (TPSA) is 63.8 Å². The van der Waals surface area contributed by atoms with Gasteiger partial charge in [-0.2, -0.15) is 4.37 Å². The van der Waals surface area contributed by atoms with Crippen LogP contribution in [0.2, 0.25) is 0 Å². The highest BCUT2D eigenvalue weighted by Gasteiger charge is 2.13. The maximum absolute atomic E-state index is 6.29. The van der Waals surface area contributed by atoms with E-state index in [-0.39, 0.29) is 6.04 Å². The van der Waals surface area contributed by atoms with Gasteiger partial charge in [0.1, 0.15) is 5.82 Å². The van der Waals surface area contributed by atoms with Crippen molar-refractivity contribution in [2.75, 3.05) is 11.9 Å². The standard InChI is InChI=1S/C16H18N4S/c1-11-5-4-9-18-16(11)19-10-8-13(17)15-12-6-2-3-7-14(12)21-20-15/h2-7,9,13H,8,10,17H2,1H3,(H,18,19). The highest BCUT2D eigenvalue weighted by atomic mass is 32.1. The van der Waals surface area contributed by atoms with E-state index >= 15 is 0 Å². The molecule has 0 aliphatic carbocycles. The van der Waals surface area contributed by atoms with Crippen LogP contribution in [0.1, 0.15) is 23.7 Å². The molecule has 0 spiro atoms. The van der Waals surface area contributed by atoms with Crippen molar-refractivity contribution in [3.05, 3.63) is 53.9 Å². The molecule has 3 aromatic rings. The molecule has 2 aromatic heterocycles. The highest BCUT2D eigenvalue weighted by molar-refractivity contribution is 7.13. The second-order valence-electron chi connectivity index (χ2n) is 5.05. The van der Waals surface area contributed by atoms with Crippen LogP contribution in [0.15, 0.2) is 42.6 Å². The number of rotatable bonds is 5. The number of aromatic nitrogens is 2. The van der Waals surface area contributed by atoms with E-state index in [4.69, 9.17) is 5.73 Å². The molecule has 1 atom stereocenters. The summed E-state index contributed by atoms with van der Waals surface area (Å²) in [5, 5.41) is 4.51. The summed E-state index contributed by atoms with van der Waals surface area (Å²) in [5.74, 6) is 0.924. The van der Waals surface area contributed by atoms with E-state index in [1.54, 1.807) is 6.20 Å². The Morgan fingerprint density at radius 2 is 2.10 bits per heavy atom. The van der Waals surface area contributed by atoms with Gasteiger partial charge < -0.3 is 11.1 Å². The lowest BCUT2D eigenvalue weighted by Gasteiger charge is -2.12. The molecule has 0 bridgehead atoms. The van der Waals surface area contributed by atoms with Gasteiger partial charge in [-0.1, -0.05) is 24.3 Å². The number of pyridine rings is 1. The largest absolute Gasteiger partial charge is 0.370 e. The van der Waals surface area contributed by atoms with Crippen LogP contribution >= 0.6 is 11.5 Å². The molecule has 0 amide bonds. The Bertz CT molecular complexity index is 738. The van der Waals surface area contributed by atoms with Gasteiger partial charge in [-0.3, -0.25) is 0 Å². The van der Waals surface area contributed by atoms with Gasteiger partial charge in [0.25, 0.3) is 0 Å². The highest BCUT2D eigenvalue weighted by Crippen LogP contribution is 2.27. The normalized spacial score (nSPS) is 12.5. The summed E-state index contributed by atoms with van der Waals surface area (Å²) < 4.78 is 5.70. The van der Waals surface area contributed by atoms with Gasteiger partial charge in [0.05, 0.1) is 16.4 Å². The zero-order valence-electron chi connectivity index (χ0n) is 11.9. The molecule has 2 heterocycles. The Morgan fingerprint density at radius 3 is 2.95 bits per heavy atom. The Kier molecular flexibility index (Phi) is 4.13. The second-order valence-corrected chi connectivity index (χ2v) is 5.86. The average Bonchev–Trinajstić information content (AvgIpc) is 2.93. The van der Waals surface area contributed by atoms with Crippen molar-refractivity contribution < 1.29 is 0 Å². The zero-order valence-corrected chi connectivity index (χ0v) is 12.7. The van der Waals surface area contributed by atoms with Crippen molar-refractivity contribution in [3.8, 4) is 0 Å². The predicted molar refractivity (Wildman–Crippen MR) is 88.6 cm³/mol. The van der Waals surface area contributed by atoms with Gasteiger partial charge >= 0.3 is 0 Å². The van der Waals surface area contributed by atoms with Crippen molar-refractivity contribution in [2.24, 2.45) is 5.73 Å². The van der Waals surface area contributed by atoms with Gasteiger partial charge in [-0.25, -0.2) is 4.98 Å². The Labute approximate surface area is 128 Å². The minimum Gasteiger partial charge on any atom is -0.370 e. The van der Waals surface area contributed by atoms with Crippen LogP contribution in [0, 0.1) is 6.92 Å². The van der Waals surface area contributed by atoms with E-state index in [9.17, 15) is 0 Å². The number of hydrogen-bond acceptors (Lipinski definition) is 5. The van der Waals surface area contributed by atoms with Crippen molar-refractivity contribution in [1.29, 1.82) is 0 Å². The summed E-state index contributed by atoms with van der Waals surface area (Å²) in [4.78, 5) is 4.32. The fourth-order valence-electron chi connectivity index (χ4n) is 2.33.